The van der Waals surface area contributed by atoms with Gasteiger partial charge in [0.25, 0.3) is 0 Å². The van der Waals surface area contributed by atoms with E-state index in [0.29, 0.717) is 5.92 Å². The second-order valence-corrected chi connectivity index (χ2v) is 14.2. The van der Waals surface area contributed by atoms with Gasteiger partial charge in [-0.3, -0.25) is 0 Å². The Kier molecular flexibility index (Phi) is 4.72. The molecular weight excluding hydrogens is 519 g/mol. The van der Waals surface area contributed by atoms with Crippen molar-refractivity contribution in [3.8, 4) is 11.1 Å². The molecule has 2 heterocycles. The molecule has 190 valence electrons. The first-order valence-electron chi connectivity index (χ1n) is 14.2. The monoisotopic (exact) mass is 546 g/mol. The van der Waals surface area contributed by atoms with Crippen molar-refractivity contribution in [2.75, 3.05) is 0 Å². The molecule has 0 nitrogen and oxygen atoms in total. The number of rotatable bonds is 1. The number of benzene rings is 5. The topological polar surface area (TPSA) is 0 Å². The lowest BCUT2D eigenvalue weighted by atomic mass is 9.34. The summed E-state index contributed by atoms with van der Waals surface area (Å²) in [5, 5.41) is 2.68. The number of fused-ring (bicyclic) bond motifs is 7. The van der Waals surface area contributed by atoms with E-state index >= 15 is 0 Å². The van der Waals surface area contributed by atoms with Crippen LogP contribution in [-0.4, -0.2) is 6.71 Å². The second-order valence-electron chi connectivity index (χ2n) is 12.1. The van der Waals surface area contributed by atoms with Crippen molar-refractivity contribution in [1.82, 2.24) is 0 Å². The molecule has 3 heteroatoms. The van der Waals surface area contributed by atoms with Gasteiger partial charge in [-0.2, -0.15) is 0 Å². The lowest BCUT2D eigenvalue weighted by molar-refractivity contribution is 0.673. The normalized spacial score (nSPS) is 19.4. The summed E-state index contributed by atoms with van der Waals surface area (Å²) in [7, 11) is 0. The highest BCUT2D eigenvalue weighted by atomic mass is 32.2. The predicted octanol–water partition coefficient (Wildman–Crippen LogP) is 9.73. The van der Waals surface area contributed by atoms with Crippen LogP contribution in [0.2, 0.25) is 0 Å². The number of allylic oxidation sites excluding steroid dienone is 2. The number of thioether (sulfide) groups is 2. The predicted molar refractivity (Wildman–Crippen MR) is 175 cm³/mol. The highest BCUT2D eigenvalue weighted by Gasteiger charge is 2.51. The summed E-state index contributed by atoms with van der Waals surface area (Å²) < 4.78 is 0. The largest absolute Gasteiger partial charge is 0.247 e. The molecule has 0 aromatic heterocycles. The van der Waals surface area contributed by atoms with Crippen LogP contribution >= 0.6 is 23.5 Å². The standard InChI is InChI=1S/C37H27BS2/c1-21-24-14-7-8-15-26(24)32-35(21)39-30-17-10-18-31-34(30)38(32)33-28-19-23-13-9-16-25(22-11-5-4-6-12-22)27(23)20-29(28)37(2,3)36(33)40-31/h4-21H,1-3H3. The maximum absolute atomic E-state index is 2.52. The molecule has 2 aliphatic carbocycles. The van der Waals surface area contributed by atoms with E-state index in [1.54, 1.807) is 15.9 Å². The Hall–Kier alpha value is -3.40. The van der Waals surface area contributed by atoms with Crippen molar-refractivity contribution in [3.63, 3.8) is 0 Å². The number of hydrogen-bond donors (Lipinski definition) is 0. The third-order valence-corrected chi connectivity index (χ3v) is 12.5. The molecule has 2 aliphatic heterocycles. The van der Waals surface area contributed by atoms with Gasteiger partial charge in [-0.05, 0) is 83.7 Å². The van der Waals surface area contributed by atoms with Gasteiger partial charge in [0.05, 0.1) is 0 Å². The Morgan fingerprint density at radius 2 is 1.40 bits per heavy atom. The molecule has 0 N–H and O–H groups in total. The lowest BCUT2D eigenvalue weighted by Crippen LogP contribution is -2.41. The molecule has 0 radical (unpaired) electrons. The molecule has 5 aromatic rings. The van der Waals surface area contributed by atoms with Crippen LogP contribution in [0.3, 0.4) is 0 Å². The molecule has 1 unspecified atom stereocenters. The van der Waals surface area contributed by atoms with Crippen molar-refractivity contribution < 1.29 is 0 Å². The molecule has 9 rings (SSSR count). The van der Waals surface area contributed by atoms with Crippen LogP contribution in [0.1, 0.15) is 48.9 Å². The van der Waals surface area contributed by atoms with Gasteiger partial charge in [0, 0.05) is 21.1 Å². The first-order valence-corrected chi connectivity index (χ1v) is 15.9. The maximum atomic E-state index is 2.52. The number of hydrogen-bond acceptors (Lipinski definition) is 2. The van der Waals surface area contributed by atoms with Crippen LogP contribution in [-0.2, 0) is 5.41 Å². The van der Waals surface area contributed by atoms with E-state index in [2.05, 4.69) is 124 Å². The average molecular weight is 547 g/mol. The lowest BCUT2D eigenvalue weighted by Gasteiger charge is -2.35. The van der Waals surface area contributed by atoms with Gasteiger partial charge >= 0.3 is 0 Å². The van der Waals surface area contributed by atoms with Crippen LogP contribution in [0.15, 0.2) is 123 Å². The van der Waals surface area contributed by atoms with E-state index in [-0.39, 0.29) is 12.1 Å². The Bertz CT molecular complexity index is 2000. The van der Waals surface area contributed by atoms with E-state index in [9.17, 15) is 0 Å². The van der Waals surface area contributed by atoms with E-state index in [4.69, 9.17) is 0 Å². The summed E-state index contributed by atoms with van der Waals surface area (Å²) in [6, 6.07) is 38.8. The Labute approximate surface area is 244 Å². The third-order valence-electron chi connectivity index (χ3n) is 9.58. The molecule has 1 atom stereocenters. The smallest absolute Gasteiger partial charge is 0.0949 e. The fraction of sp³-hybridized carbons (Fsp3) is 0.135. The van der Waals surface area contributed by atoms with E-state index in [1.165, 1.54) is 64.3 Å². The Morgan fingerprint density at radius 3 is 2.25 bits per heavy atom. The minimum atomic E-state index is -0.0595. The SMILES string of the molecule is CC1C2=C(B3C4=C(Sc5cccc(c53)S2)C(C)(C)c2cc3c(-c5ccccc5)cccc3cc24)c2ccccc21. The minimum Gasteiger partial charge on any atom is -0.0949 e. The average Bonchev–Trinajstić information content (AvgIpc) is 3.39. The van der Waals surface area contributed by atoms with Gasteiger partial charge in [-0.25, -0.2) is 0 Å². The van der Waals surface area contributed by atoms with Crippen LogP contribution < -0.4 is 5.46 Å². The maximum Gasteiger partial charge on any atom is 0.247 e. The zero-order valence-electron chi connectivity index (χ0n) is 22.8. The summed E-state index contributed by atoms with van der Waals surface area (Å²) in [5.41, 5.74) is 13.0. The van der Waals surface area contributed by atoms with Crippen LogP contribution in [0.4, 0.5) is 0 Å². The van der Waals surface area contributed by atoms with Gasteiger partial charge in [0.2, 0.25) is 6.71 Å². The summed E-state index contributed by atoms with van der Waals surface area (Å²) in [6.07, 6.45) is 0. The van der Waals surface area contributed by atoms with Gasteiger partial charge in [-0.15, -0.1) is 0 Å². The molecule has 40 heavy (non-hydrogen) atoms. The van der Waals surface area contributed by atoms with E-state index < -0.39 is 0 Å². The Balaban J connectivity index is 1.34. The van der Waals surface area contributed by atoms with Crippen LogP contribution in [0.25, 0.3) is 32.8 Å². The zero-order valence-corrected chi connectivity index (χ0v) is 24.4. The van der Waals surface area contributed by atoms with Gasteiger partial charge in [-0.1, -0.05) is 134 Å². The molecule has 0 saturated heterocycles. The summed E-state index contributed by atoms with van der Waals surface area (Å²) in [4.78, 5) is 5.96. The molecule has 5 aromatic carbocycles. The van der Waals surface area contributed by atoms with E-state index in [1.807, 2.05) is 23.5 Å². The van der Waals surface area contributed by atoms with Crippen LogP contribution in [0.5, 0.6) is 0 Å². The third kappa shape index (κ3) is 2.92. The molecule has 0 bridgehead atoms. The molecule has 0 fully saturated rings. The zero-order chi connectivity index (χ0) is 26.7. The minimum absolute atomic E-state index is 0.0595. The molecule has 0 spiro atoms. The van der Waals surface area contributed by atoms with Crippen molar-refractivity contribution in [1.29, 1.82) is 0 Å². The first-order chi connectivity index (χ1) is 19.5. The Morgan fingerprint density at radius 1 is 0.675 bits per heavy atom. The van der Waals surface area contributed by atoms with Crippen LogP contribution in [0, 0.1) is 0 Å². The highest BCUT2D eigenvalue weighted by Crippen LogP contribution is 2.62. The van der Waals surface area contributed by atoms with Gasteiger partial charge < -0.3 is 0 Å². The fourth-order valence-electron chi connectivity index (χ4n) is 7.70. The molecule has 0 saturated carbocycles. The van der Waals surface area contributed by atoms with Crippen molar-refractivity contribution in [2.45, 2.75) is 41.9 Å². The van der Waals surface area contributed by atoms with Crippen molar-refractivity contribution >= 4 is 57.4 Å². The molecule has 0 amide bonds. The summed E-state index contributed by atoms with van der Waals surface area (Å²) in [5.74, 6) is 0.436. The molecule has 4 aliphatic rings. The van der Waals surface area contributed by atoms with Crippen molar-refractivity contribution in [2.24, 2.45) is 0 Å². The first kappa shape index (κ1) is 23.3. The fourth-order valence-corrected chi connectivity index (χ4v) is 10.5. The molecular formula is C37H27BS2. The summed E-state index contributed by atoms with van der Waals surface area (Å²) >= 11 is 4.05. The van der Waals surface area contributed by atoms with E-state index in [0.717, 1.165) is 0 Å². The second kappa shape index (κ2) is 8.09. The van der Waals surface area contributed by atoms with Gasteiger partial charge in [0.1, 0.15) is 0 Å². The van der Waals surface area contributed by atoms with Gasteiger partial charge in [0.15, 0.2) is 0 Å². The quantitative estimate of drug-likeness (QED) is 0.192. The van der Waals surface area contributed by atoms with Crippen molar-refractivity contribution in [3.05, 3.63) is 135 Å². The highest BCUT2D eigenvalue weighted by molar-refractivity contribution is 8.05. The summed E-state index contributed by atoms with van der Waals surface area (Å²) in [6.45, 7) is 7.58.